The number of rotatable bonds is 4. The number of piperazine rings is 1. The number of aromatic nitrogens is 1. The van der Waals surface area contributed by atoms with E-state index in [1.807, 2.05) is 5.38 Å². The molecule has 6 nitrogen and oxygen atoms in total. The fraction of sp³-hybridized carbons (Fsp3) is 0.750. The van der Waals surface area contributed by atoms with Crippen molar-refractivity contribution in [1.82, 2.24) is 14.8 Å². The topological polar surface area (TPSA) is 73.7 Å². The Balaban J connectivity index is 1.78. The molecular weight excluding hydrogens is 298 g/mol. The lowest BCUT2D eigenvalue weighted by atomic mass is 10.0. The highest BCUT2D eigenvalue weighted by Gasteiger charge is 2.46. The molecular formula is C12H19N3O3S2. The molecule has 20 heavy (non-hydrogen) atoms. The second kappa shape index (κ2) is 5.69. The van der Waals surface area contributed by atoms with Gasteiger partial charge in [0.15, 0.2) is 9.84 Å². The minimum Gasteiger partial charge on any atom is -0.395 e. The van der Waals surface area contributed by atoms with Gasteiger partial charge in [-0.2, -0.15) is 0 Å². The Morgan fingerprint density at radius 1 is 1.30 bits per heavy atom. The second-order valence-corrected chi connectivity index (χ2v) is 8.29. The first-order chi connectivity index (χ1) is 9.59. The van der Waals surface area contributed by atoms with Gasteiger partial charge in [0, 0.05) is 43.6 Å². The van der Waals surface area contributed by atoms with Crippen LogP contribution in [0.2, 0.25) is 0 Å². The molecule has 1 aromatic heterocycles. The minimum absolute atomic E-state index is 0.0135. The van der Waals surface area contributed by atoms with E-state index in [1.165, 1.54) is 0 Å². The first kappa shape index (κ1) is 14.4. The third-order valence-electron chi connectivity index (χ3n) is 4.14. The minimum atomic E-state index is -2.97. The summed E-state index contributed by atoms with van der Waals surface area (Å²) in [5.74, 6) is 0.439. The Morgan fingerprint density at radius 2 is 2.00 bits per heavy atom. The quantitative estimate of drug-likeness (QED) is 0.801. The molecule has 3 rings (SSSR count). The Bertz CT molecular complexity index is 546. The summed E-state index contributed by atoms with van der Waals surface area (Å²) >= 11 is 1.56. The van der Waals surface area contributed by atoms with Gasteiger partial charge in [0.2, 0.25) is 0 Å². The van der Waals surface area contributed by atoms with Gasteiger partial charge in [-0.25, -0.2) is 13.4 Å². The van der Waals surface area contributed by atoms with Crippen LogP contribution in [0.4, 0.5) is 0 Å². The first-order valence-electron chi connectivity index (χ1n) is 6.75. The molecule has 1 N–H and O–H groups in total. The number of aliphatic hydroxyl groups is 1. The van der Waals surface area contributed by atoms with Crippen molar-refractivity contribution in [3.05, 3.63) is 16.6 Å². The van der Waals surface area contributed by atoms with Crippen LogP contribution in [0.1, 0.15) is 5.69 Å². The molecule has 0 saturated carbocycles. The Kier molecular flexibility index (Phi) is 4.09. The number of thiazole rings is 1. The van der Waals surface area contributed by atoms with Crippen LogP contribution in [-0.2, 0) is 16.4 Å². The molecule has 2 atom stereocenters. The Morgan fingerprint density at radius 3 is 2.65 bits per heavy atom. The van der Waals surface area contributed by atoms with E-state index in [9.17, 15) is 8.42 Å². The van der Waals surface area contributed by atoms with Crippen LogP contribution in [0.5, 0.6) is 0 Å². The van der Waals surface area contributed by atoms with Crippen LogP contribution in [0.25, 0.3) is 0 Å². The average Bonchev–Trinajstić information content (AvgIpc) is 2.99. The van der Waals surface area contributed by atoms with E-state index in [4.69, 9.17) is 5.11 Å². The van der Waals surface area contributed by atoms with Gasteiger partial charge in [-0.1, -0.05) is 0 Å². The van der Waals surface area contributed by atoms with Crippen LogP contribution < -0.4 is 0 Å². The highest BCUT2D eigenvalue weighted by Crippen LogP contribution is 2.27. The summed E-state index contributed by atoms with van der Waals surface area (Å²) in [4.78, 5) is 8.64. The van der Waals surface area contributed by atoms with Crippen molar-refractivity contribution < 1.29 is 13.5 Å². The average molecular weight is 317 g/mol. The third-order valence-corrected chi connectivity index (χ3v) is 6.48. The number of fused-ring (bicyclic) bond motifs is 1. The zero-order valence-corrected chi connectivity index (χ0v) is 12.8. The summed E-state index contributed by atoms with van der Waals surface area (Å²) in [7, 11) is -2.97. The summed E-state index contributed by atoms with van der Waals surface area (Å²) < 4.78 is 23.9. The van der Waals surface area contributed by atoms with Gasteiger partial charge < -0.3 is 5.11 Å². The van der Waals surface area contributed by atoms with Crippen molar-refractivity contribution in [2.24, 2.45) is 0 Å². The molecule has 112 valence electrons. The van der Waals surface area contributed by atoms with Gasteiger partial charge in [0.25, 0.3) is 0 Å². The molecule has 0 unspecified atom stereocenters. The normalized spacial score (nSPS) is 30.4. The standard InChI is InChI=1S/C12H19N3O3S2/c16-4-3-14-1-2-15(5-10-6-19-9-13-10)12-8-20(17,18)7-11(12)14/h6,9,11-12,16H,1-5,7-8H2/t11-,12+/m1/s1. The van der Waals surface area contributed by atoms with Gasteiger partial charge >= 0.3 is 0 Å². The largest absolute Gasteiger partial charge is 0.395 e. The van der Waals surface area contributed by atoms with Gasteiger partial charge in [-0.3, -0.25) is 9.80 Å². The van der Waals surface area contributed by atoms with Crippen LogP contribution in [0.15, 0.2) is 10.9 Å². The molecule has 3 heterocycles. The number of nitrogens with zero attached hydrogens (tertiary/aromatic N) is 3. The van der Waals surface area contributed by atoms with E-state index in [0.29, 0.717) is 13.1 Å². The monoisotopic (exact) mass is 317 g/mol. The molecule has 0 aliphatic carbocycles. The Labute approximate surface area is 123 Å². The smallest absolute Gasteiger partial charge is 0.153 e. The van der Waals surface area contributed by atoms with Crippen LogP contribution in [-0.4, -0.2) is 78.1 Å². The summed E-state index contributed by atoms with van der Waals surface area (Å²) in [5.41, 5.74) is 2.81. The van der Waals surface area contributed by atoms with Crippen LogP contribution >= 0.6 is 11.3 Å². The van der Waals surface area contributed by atoms with Crippen LogP contribution in [0, 0.1) is 0 Å². The molecule has 0 bridgehead atoms. The van der Waals surface area contributed by atoms with E-state index in [0.717, 1.165) is 18.8 Å². The molecule has 0 radical (unpaired) electrons. The summed E-state index contributed by atoms with van der Waals surface area (Å²) in [6, 6.07) is 0.0431. The van der Waals surface area contributed by atoms with E-state index in [2.05, 4.69) is 14.8 Å². The third kappa shape index (κ3) is 2.89. The maximum Gasteiger partial charge on any atom is 0.153 e. The van der Waals surface area contributed by atoms with Crippen molar-refractivity contribution in [3.63, 3.8) is 0 Å². The lowest BCUT2D eigenvalue weighted by Crippen LogP contribution is -2.59. The van der Waals surface area contributed by atoms with Crippen molar-refractivity contribution in [1.29, 1.82) is 0 Å². The zero-order chi connectivity index (χ0) is 14.2. The summed E-state index contributed by atoms with van der Waals surface area (Å²) in [6.45, 7) is 2.99. The molecule has 2 aliphatic heterocycles. The molecule has 1 aromatic rings. The summed E-state index contributed by atoms with van der Waals surface area (Å²) in [5, 5.41) is 11.1. The van der Waals surface area contributed by atoms with Crippen molar-refractivity contribution in [2.45, 2.75) is 18.6 Å². The maximum absolute atomic E-state index is 12.0. The first-order valence-corrected chi connectivity index (χ1v) is 9.52. The fourth-order valence-corrected chi connectivity index (χ4v) is 5.81. The van der Waals surface area contributed by atoms with Crippen molar-refractivity contribution >= 4 is 21.2 Å². The van der Waals surface area contributed by atoms with Crippen molar-refractivity contribution in [3.8, 4) is 0 Å². The van der Waals surface area contributed by atoms with E-state index < -0.39 is 9.84 Å². The Hall–Kier alpha value is -0.540. The molecule has 0 amide bonds. The SMILES string of the molecule is O=S1(=O)C[C@@H]2[C@H](C1)N(Cc1cscn1)CCN2CCO. The number of hydrogen-bond donors (Lipinski definition) is 1. The molecule has 2 aliphatic rings. The predicted molar refractivity (Wildman–Crippen MR) is 77.4 cm³/mol. The van der Waals surface area contributed by atoms with Gasteiger partial charge in [-0.15, -0.1) is 11.3 Å². The predicted octanol–water partition coefficient (Wildman–Crippen LogP) is -0.581. The molecule has 0 aromatic carbocycles. The van der Waals surface area contributed by atoms with E-state index in [-0.39, 0.29) is 30.2 Å². The van der Waals surface area contributed by atoms with Gasteiger partial charge in [0.05, 0.1) is 29.3 Å². The molecule has 2 saturated heterocycles. The molecule has 0 spiro atoms. The lowest BCUT2D eigenvalue weighted by Gasteiger charge is -2.43. The number of sulfone groups is 1. The summed E-state index contributed by atoms with van der Waals surface area (Å²) in [6.07, 6.45) is 0. The highest BCUT2D eigenvalue weighted by atomic mass is 32.2. The number of hydrogen-bond acceptors (Lipinski definition) is 7. The van der Waals surface area contributed by atoms with Crippen LogP contribution in [0.3, 0.4) is 0 Å². The molecule has 2 fully saturated rings. The zero-order valence-electron chi connectivity index (χ0n) is 11.2. The van der Waals surface area contributed by atoms with E-state index >= 15 is 0 Å². The van der Waals surface area contributed by atoms with E-state index in [1.54, 1.807) is 16.8 Å². The van der Waals surface area contributed by atoms with Gasteiger partial charge in [-0.05, 0) is 0 Å². The fourth-order valence-electron chi connectivity index (χ4n) is 3.22. The lowest BCUT2D eigenvalue weighted by molar-refractivity contribution is 0.0302. The number of aliphatic hydroxyl groups excluding tert-OH is 1. The highest BCUT2D eigenvalue weighted by molar-refractivity contribution is 7.91. The van der Waals surface area contributed by atoms with Gasteiger partial charge in [0.1, 0.15) is 0 Å². The second-order valence-electron chi connectivity index (χ2n) is 5.42. The van der Waals surface area contributed by atoms with Crippen molar-refractivity contribution in [2.75, 3.05) is 37.7 Å². The molecule has 8 heteroatoms. The number of β-amino-alcohol motifs (C(OH)–C–C–N with tert-alkyl or cyclic N) is 1. The maximum atomic E-state index is 12.0.